The number of ether oxygens (including phenoxy) is 1. The number of aromatic nitrogens is 4. The second-order valence-corrected chi connectivity index (χ2v) is 7.00. The van der Waals surface area contributed by atoms with Crippen LogP contribution in [0.1, 0.15) is 60.4 Å². The summed E-state index contributed by atoms with van der Waals surface area (Å²) in [5.74, 6) is 0.297. The highest BCUT2D eigenvalue weighted by molar-refractivity contribution is 5.68. The Morgan fingerprint density at radius 1 is 1.29 bits per heavy atom. The van der Waals surface area contributed by atoms with Crippen LogP contribution in [0.3, 0.4) is 0 Å². The van der Waals surface area contributed by atoms with Crippen molar-refractivity contribution in [3.05, 3.63) is 5.82 Å². The van der Waals surface area contributed by atoms with Crippen LogP contribution in [-0.2, 0) is 10.3 Å². The van der Waals surface area contributed by atoms with E-state index in [4.69, 9.17) is 4.74 Å². The molecule has 8 heteroatoms. The maximum Gasteiger partial charge on any atom is 0.407 e. The van der Waals surface area contributed by atoms with Gasteiger partial charge in [-0.05, 0) is 58.9 Å². The highest BCUT2D eigenvalue weighted by atomic mass is 16.6. The lowest BCUT2D eigenvalue weighted by molar-refractivity contribution is 0.0419. The zero-order chi connectivity index (χ0) is 16.4. The van der Waals surface area contributed by atoms with Gasteiger partial charge in [0.05, 0.1) is 11.6 Å². The van der Waals surface area contributed by atoms with Crippen LogP contribution in [0.4, 0.5) is 4.79 Å². The summed E-state index contributed by atoms with van der Waals surface area (Å²) in [5.41, 5.74) is -0.965. The van der Waals surface area contributed by atoms with Crippen molar-refractivity contribution in [3.8, 4) is 0 Å². The van der Waals surface area contributed by atoms with Crippen molar-refractivity contribution in [1.82, 2.24) is 25.5 Å². The standard InChI is InChI=1S/C13H25N5O3/c1-8(14-11(20)21-13(5,6)7)9(19)10-15-16-17-18(10)12(2,3)4/h8-9,19H,1-7H3,(H,14,20)/t8-,9+/m0/s1. The fourth-order valence-corrected chi connectivity index (χ4v) is 1.65. The zero-order valence-corrected chi connectivity index (χ0v) is 13.7. The molecule has 21 heavy (non-hydrogen) atoms. The Morgan fingerprint density at radius 2 is 1.86 bits per heavy atom. The number of amides is 1. The molecule has 2 N–H and O–H groups in total. The van der Waals surface area contributed by atoms with Crippen LogP contribution in [0.5, 0.6) is 0 Å². The van der Waals surface area contributed by atoms with Gasteiger partial charge in [-0.15, -0.1) is 5.10 Å². The van der Waals surface area contributed by atoms with Gasteiger partial charge in [-0.3, -0.25) is 0 Å². The Morgan fingerprint density at radius 3 is 2.33 bits per heavy atom. The third-order valence-electron chi connectivity index (χ3n) is 2.61. The fourth-order valence-electron chi connectivity index (χ4n) is 1.65. The van der Waals surface area contributed by atoms with Crippen molar-refractivity contribution < 1.29 is 14.6 Å². The summed E-state index contributed by atoms with van der Waals surface area (Å²) >= 11 is 0. The van der Waals surface area contributed by atoms with Crippen molar-refractivity contribution in [2.24, 2.45) is 0 Å². The number of carbonyl (C=O) groups is 1. The maximum atomic E-state index is 11.7. The smallest absolute Gasteiger partial charge is 0.407 e. The molecule has 2 atom stereocenters. The van der Waals surface area contributed by atoms with Gasteiger partial charge < -0.3 is 15.2 Å². The molecule has 8 nitrogen and oxygen atoms in total. The van der Waals surface area contributed by atoms with E-state index in [1.54, 1.807) is 27.7 Å². The van der Waals surface area contributed by atoms with E-state index in [-0.39, 0.29) is 5.54 Å². The van der Waals surface area contributed by atoms with Crippen LogP contribution in [-0.4, -0.2) is 43.0 Å². The zero-order valence-electron chi connectivity index (χ0n) is 13.7. The molecule has 0 saturated heterocycles. The van der Waals surface area contributed by atoms with Gasteiger partial charge in [-0.1, -0.05) is 0 Å². The Labute approximate surface area is 124 Å². The number of aliphatic hydroxyl groups is 1. The van der Waals surface area contributed by atoms with E-state index >= 15 is 0 Å². The molecular weight excluding hydrogens is 274 g/mol. The highest BCUT2D eigenvalue weighted by Crippen LogP contribution is 2.20. The van der Waals surface area contributed by atoms with E-state index in [0.717, 1.165) is 0 Å². The van der Waals surface area contributed by atoms with E-state index in [9.17, 15) is 9.90 Å². The molecule has 0 aromatic carbocycles. The van der Waals surface area contributed by atoms with Gasteiger partial charge in [0, 0.05) is 0 Å². The first-order valence-electron chi connectivity index (χ1n) is 6.88. The molecule has 1 heterocycles. The van der Waals surface area contributed by atoms with E-state index in [2.05, 4.69) is 20.8 Å². The minimum atomic E-state index is -1.04. The Kier molecular flexibility index (Phi) is 4.93. The Balaban J connectivity index is 2.78. The summed E-state index contributed by atoms with van der Waals surface area (Å²) < 4.78 is 6.69. The van der Waals surface area contributed by atoms with Crippen LogP contribution >= 0.6 is 0 Å². The number of rotatable bonds is 3. The predicted molar refractivity (Wildman–Crippen MR) is 76.6 cm³/mol. The monoisotopic (exact) mass is 299 g/mol. The highest BCUT2D eigenvalue weighted by Gasteiger charge is 2.29. The summed E-state index contributed by atoms with van der Waals surface area (Å²) in [7, 11) is 0. The van der Waals surface area contributed by atoms with Crippen LogP contribution in [0.25, 0.3) is 0 Å². The number of tetrazole rings is 1. The molecule has 1 rings (SSSR count). The molecule has 1 aromatic rings. The fraction of sp³-hybridized carbons (Fsp3) is 0.846. The summed E-state index contributed by atoms with van der Waals surface area (Å²) in [5, 5.41) is 24.2. The average Bonchev–Trinajstić information content (AvgIpc) is 2.73. The normalized spacial score (nSPS) is 15.4. The largest absolute Gasteiger partial charge is 0.444 e. The summed E-state index contributed by atoms with van der Waals surface area (Å²) in [6.45, 7) is 12.7. The molecule has 0 aliphatic heterocycles. The van der Waals surface area contributed by atoms with Gasteiger partial charge >= 0.3 is 6.09 Å². The van der Waals surface area contributed by atoms with Gasteiger partial charge in [0.15, 0.2) is 5.82 Å². The molecule has 0 saturated carbocycles. The number of alkyl carbamates (subject to hydrolysis) is 1. The van der Waals surface area contributed by atoms with Gasteiger partial charge in [-0.2, -0.15) is 0 Å². The van der Waals surface area contributed by atoms with Gasteiger partial charge in [0.2, 0.25) is 0 Å². The first-order valence-corrected chi connectivity index (χ1v) is 6.88. The second kappa shape index (κ2) is 5.97. The van der Waals surface area contributed by atoms with Crippen molar-refractivity contribution >= 4 is 6.09 Å². The second-order valence-electron chi connectivity index (χ2n) is 7.00. The van der Waals surface area contributed by atoms with Gasteiger partial charge in [0.1, 0.15) is 11.7 Å². The molecular formula is C13H25N5O3. The van der Waals surface area contributed by atoms with Crippen LogP contribution in [0.15, 0.2) is 0 Å². The molecule has 0 aliphatic carbocycles. The topological polar surface area (TPSA) is 102 Å². The molecule has 1 aromatic heterocycles. The lowest BCUT2D eigenvalue weighted by atomic mass is 10.1. The van der Waals surface area contributed by atoms with Crippen molar-refractivity contribution in [3.63, 3.8) is 0 Å². The van der Waals surface area contributed by atoms with E-state index < -0.39 is 23.8 Å². The number of nitrogens with zero attached hydrogens (tertiary/aromatic N) is 4. The molecule has 120 valence electrons. The molecule has 1 amide bonds. The lowest BCUT2D eigenvalue weighted by Crippen LogP contribution is -2.42. The maximum absolute atomic E-state index is 11.7. The van der Waals surface area contributed by atoms with E-state index in [0.29, 0.717) is 5.82 Å². The number of carbonyl (C=O) groups excluding carboxylic acids is 1. The van der Waals surface area contributed by atoms with E-state index in [1.165, 1.54) is 4.68 Å². The van der Waals surface area contributed by atoms with Crippen molar-refractivity contribution in [2.45, 2.75) is 71.8 Å². The lowest BCUT2D eigenvalue weighted by Gasteiger charge is -2.26. The molecule has 0 fully saturated rings. The third-order valence-corrected chi connectivity index (χ3v) is 2.61. The first kappa shape index (κ1) is 17.4. The quantitative estimate of drug-likeness (QED) is 0.874. The van der Waals surface area contributed by atoms with Crippen LogP contribution in [0.2, 0.25) is 0 Å². The minimum Gasteiger partial charge on any atom is -0.444 e. The average molecular weight is 299 g/mol. The van der Waals surface area contributed by atoms with Crippen molar-refractivity contribution in [1.29, 1.82) is 0 Å². The molecule has 0 unspecified atom stereocenters. The SMILES string of the molecule is C[C@H](NC(=O)OC(C)(C)C)[C@@H](O)c1nnnn1C(C)(C)C. The molecule has 0 spiro atoms. The summed E-state index contributed by atoms with van der Waals surface area (Å²) in [6.07, 6.45) is -1.63. The number of nitrogens with one attached hydrogen (secondary N) is 1. The Bertz CT molecular complexity index is 487. The predicted octanol–water partition coefficient (Wildman–Crippen LogP) is 1.37. The number of hydrogen-bond donors (Lipinski definition) is 2. The molecule has 0 bridgehead atoms. The number of aliphatic hydroxyl groups excluding tert-OH is 1. The Hall–Kier alpha value is -1.70. The summed E-state index contributed by atoms with van der Waals surface area (Å²) in [6, 6.07) is -0.591. The van der Waals surface area contributed by atoms with Gasteiger partial charge in [0.25, 0.3) is 0 Å². The van der Waals surface area contributed by atoms with Crippen molar-refractivity contribution in [2.75, 3.05) is 0 Å². The van der Waals surface area contributed by atoms with E-state index in [1.807, 2.05) is 20.8 Å². The van der Waals surface area contributed by atoms with Crippen LogP contribution in [0, 0.1) is 0 Å². The van der Waals surface area contributed by atoms with Gasteiger partial charge in [-0.25, -0.2) is 9.48 Å². The number of hydrogen-bond acceptors (Lipinski definition) is 6. The molecule has 0 aliphatic rings. The third kappa shape index (κ3) is 4.96. The minimum absolute atomic E-state index is 0.297. The molecule has 0 radical (unpaired) electrons. The first-order chi connectivity index (χ1) is 9.42. The van der Waals surface area contributed by atoms with Crippen LogP contribution < -0.4 is 5.32 Å². The summed E-state index contributed by atoms with van der Waals surface area (Å²) in [4.78, 5) is 11.7.